The maximum absolute atomic E-state index is 12.0. The summed E-state index contributed by atoms with van der Waals surface area (Å²) in [6.45, 7) is 1.60. The molecule has 0 heterocycles. The minimum Gasteiger partial charge on any atom is -0.457 e. The first-order valence-electron chi connectivity index (χ1n) is 7.75. The Morgan fingerprint density at radius 1 is 0.917 bits per heavy atom. The third-order valence-corrected chi connectivity index (χ3v) is 3.32. The fourth-order valence-electron chi connectivity index (χ4n) is 2.04. The van der Waals surface area contributed by atoms with Gasteiger partial charge in [0.25, 0.3) is 5.91 Å². The van der Waals surface area contributed by atoms with Crippen molar-refractivity contribution in [3.8, 4) is 0 Å². The second-order valence-corrected chi connectivity index (χ2v) is 5.23. The summed E-state index contributed by atoms with van der Waals surface area (Å²) in [6.07, 6.45) is 0.987. The molecule has 24 heavy (non-hydrogen) atoms. The molecule has 2 rings (SSSR count). The molecule has 2 aromatic carbocycles. The quantitative estimate of drug-likeness (QED) is 0.625. The first-order chi connectivity index (χ1) is 11.6. The summed E-state index contributed by atoms with van der Waals surface area (Å²) in [5, 5.41) is 2.76. The zero-order valence-electron chi connectivity index (χ0n) is 13.5. The molecular formula is C19H19NO4. The fraction of sp³-hybridized carbons (Fsp3) is 0.211. The van der Waals surface area contributed by atoms with Crippen LogP contribution in [0.2, 0.25) is 0 Å². The molecule has 0 aliphatic rings. The number of ether oxygens (including phenoxy) is 1. The number of carbonyl (C=O) groups is 3. The molecule has 0 bridgehead atoms. The molecule has 0 aliphatic heterocycles. The lowest BCUT2D eigenvalue weighted by Gasteiger charge is -2.07. The monoisotopic (exact) mass is 325 g/mol. The smallest absolute Gasteiger partial charge is 0.306 e. The van der Waals surface area contributed by atoms with Gasteiger partial charge in [0.1, 0.15) is 0 Å². The lowest BCUT2D eigenvalue weighted by molar-refractivity contribution is -0.142. The summed E-state index contributed by atoms with van der Waals surface area (Å²) in [5.41, 5.74) is 1.57. The Kier molecular flexibility index (Phi) is 6.25. The molecule has 0 aromatic heterocycles. The average molecular weight is 325 g/mol. The highest BCUT2D eigenvalue weighted by Gasteiger charge is 2.10. The van der Waals surface area contributed by atoms with E-state index in [-0.39, 0.29) is 24.3 Å². The molecule has 124 valence electrons. The van der Waals surface area contributed by atoms with Crippen molar-refractivity contribution in [1.29, 1.82) is 0 Å². The van der Waals surface area contributed by atoms with E-state index in [1.165, 1.54) is 0 Å². The number of rotatable bonds is 7. The topological polar surface area (TPSA) is 72.5 Å². The Morgan fingerprint density at radius 2 is 1.58 bits per heavy atom. The van der Waals surface area contributed by atoms with E-state index in [1.54, 1.807) is 48.5 Å². The van der Waals surface area contributed by atoms with Crippen molar-refractivity contribution in [2.75, 3.05) is 11.9 Å². The minimum atomic E-state index is -0.377. The van der Waals surface area contributed by atoms with Gasteiger partial charge in [-0.1, -0.05) is 25.1 Å². The predicted octanol–water partition coefficient (Wildman–Crippen LogP) is 3.46. The van der Waals surface area contributed by atoms with Crippen molar-refractivity contribution < 1.29 is 19.1 Å². The Morgan fingerprint density at radius 3 is 2.21 bits per heavy atom. The van der Waals surface area contributed by atoms with Crippen molar-refractivity contribution in [2.24, 2.45) is 0 Å². The van der Waals surface area contributed by atoms with Crippen molar-refractivity contribution in [3.63, 3.8) is 0 Å². The number of nitrogens with one attached hydrogen (secondary N) is 1. The third kappa shape index (κ3) is 5.05. The van der Waals surface area contributed by atoms with E-state index in [2.05, 4.69) is 5.32 Å². The van der Waals surface area contributed by atoms with Gasteiger partial charge in [0.15, 0.2) is 12.4 Å². The van der Waals surface area contributed by atoms with Crippen molar-refractivity contribution >= 4 is 23.3 Å². The second-order valence-electron chi connectivity index (χ2n) is 5.23. The van der Waals surface area contributed by atoms with Crippen molar-refractivity contribution in [3.05, 3.63) is 65.7 Å². The first kappa shape index (κ1) is 17.4. The summed E-state index contributed by atoms with van der Waals surface area (Å²) in [6, 6.07) is 15.3. The standard InChI is InChI=1S/C19H19NO4/c1-2-6-18(22)24-13-17(21)14-9-11-16(12-10-14)20-19(23)15-7-4-3-5-8-15/h3-5,7-12H,2,6,13H2,1H3,(H,20,23). The van der Waals surface area contributed by atoms with Crippen molar-refractivity contribution in [2.45, 2.75) is 19.8 Å². The van der Waals surface area contributed by atoms with Crippen LogP contribution in [0.3, 0.4) is 0 Å². The number of hydrogen-bond donors (Lipinski definition) is 1. The van der Waals surface area contributed by atoms with Crippen LogP contribution in [0.25, 0.3) is 0 Å². The van der Waals surface area contributed by atoms with Gasteiger partial charge in [-0.25, -0.2) is 0 Å². The van der Waals surface area contributed by atoms with Gasteiger partial charge in [-0.15, -0.1) is 0 Å². The van der Waals surface area contributed by atoms with Crippen LogP contribution in [-0.2, 0) is 9.53 Å². The lowest BCUT2D eigenvalue weighted by atomic mass is 10.1. The van der Waals surface area contributed by atoms with E-state index in [9.17, 15) is 14.4 Å². The zero-order valence-corrected chi connectivity index (χ0v) is 13.5. The van der Waals surface area contributed by atoms with Crippen LogP contribution < -0.4 is 5.32 Å². The van der Waals surface area contributed by atoms with Gasteiger partial charge >= 0.3 is 5.97 Å². The summed E-state index contributed by atoms with van der Waals surface area (Å²) < 4.78 is 4.89. The van der Waals surface area contributed by atoms with Gasteiger partial charge in [0.05, 0.1) is 0 Å². The van der Waals surface area contributed by atoms with Gasteiger partial charge in [-0.3, -0.25) is 14.4 Å². The highest BCUT2D eigenvalue weighted by Crippen LogP contribution is 2.12. The molecule has 5 heteroatoms. The Labute approximate surface area is 140 Å². The lowest BCUT2D eigenvalue weighted by Crippen LogP contribution is -2.14. The summed E-state index contributed by atoms with van der Waals surface area (Å²) in [4.78, 5) is 35.2. The maximum atomic E-state index is 12.0. The Hall–Kier alpha value is -2.95. The number of hydrogen-bond acceptors (Lipinski definition) is 4. The van der Waals surface area contributed by atoms with Crippen molar-refractivity contribution in [1.82, 2.24) is 0 Å². The Bertz CT molecular complexity index is 708. The molecule has 0 spiro atoms. The highest BCUT2D eigenvalue weighted by molar-refractivity contribution is 6.04. The van der Waals surface area contributed by atoms with Crippen LogP contribution >= 0.6 is 0 Å². The number of benzene rings is 2. The highest BCUT2D eigenvalue weighted by atomic mass is 16.5. The van der Waals surface area contributed by atoms with Gasteiger partial charge in [0, 0.05) is 23.2 Å². The van der Waals surface area contributed by atoms with E-state index in [0.29, 0.717) is 29.7 Å². The molecule has 2 aromatic rings. The molecule has 1 N–H and O–H groups in total. The van der Waals surface area contributed by atoms with Crippen LogP contribution in [0.15, 0.2) is 54.6 Å². The molecule has 0 radical (unpaired) electrons. The number of Topliss-reactive ketones (excluding diaryl/α,β-unsaturated/α-hetero) is 1. The zero-order chi connectivity index (χ0) is 17.4. The largest absolute Gasteiger partial charge is 0.457 e. The SMILES string of the molecule is CCCC(=O)OCC(=O)c1ccc(NC(=O)c2ccccc2)cc1. The molecule has 0 fully saturated rings. The number of carbonyl (C=O) groups excluding carboxylic acids is 3. The van der Waals surface area contributed by atoms with E-state index in [1.807, 2.05) is 13.0 Å². The molecule has 0 saturated carbocycles. The maximum Gasteiger partial charge on any atom is 0.306 e. The van der Waals surface area contributed by atoms with Crippen LogP contribution in [0.1, 0.15) is 40.5 Å². The molecule has 0 unspecified atom stereocenters. The molecular weight excluding hydrogens is 306 g/mol. The van der Waals surface area contributed by atoms with E-state index in [4.69, 9.17) is 4.74 Å². The van der Waals surface area contributed by atoms with Gasteiger partial charge in [-0.2, -0.15) is 0 Å². The molecule has 0 atom stereocenters. The number of ketones is 1. The predicted molar refractivity (Wildman–Crippen MR) is 91.0 cm³/mol. The average Bonchev–Trinajstić information content (AvgIpc) is 2.61. The third-order valence-electron chi connectivity index (χ3n) is 3.32. The van der Waals surface area contributed by atoms with Gasteiger partial charge < -0.3 is 10.1 Å². The molecule has 0 aliphatic carbocycles. The molecule has 5 nitrogen and oxygen atoms in total. The van der Waals surface area contributed by atoms with Crippen LogP contribution in [-0.4, -0.2) is 24.3 Å². The summed E-state index contributed by atoms with van der Waals surface area (Å²) in [5.74, 6) is -0.874. The number of esters is 1. The van der Waals surface area contributed by atoms with Gasteiger partial charge in [0.2, 0.25) is 0 Å². The molecule has 0 saturated heterocycles. The first-order valence-corrected chi connectivity index (χ1v) is 7.75. The normalized spacial score (nSPS) is 10.0. The number of anilines is 1. The second kappa shape index (κ2) is 8.62. The van der Waals surface area contributed by atoms with E-state index in [0.717, 1.165) is 0 Å². The fourth-order valence-corrected chi connectivity index (χ4v) is 2.04. The van der Waals surface area contributed by atoms with Crippen LogP contribution in [0.5, 0.6) is 0 Å². The summed E-state index contributed by atoms with van der Waals surface area (Å²) in [7, 11) is 0. The minimum absolute atomic E-state index is 0.219. The van der Waals surface area contributed by atoms with Gasteiger partial charge in [-0.05, 0) is 42.8 Å². The summed E-state index contributed by atoms with van der Waals surface area (Å²) >= 11 is 0. The van der Waals surface area contributed by atoms with Crippen LogP contribution in [0.4, 0.5) is 5.69 Å². The van der Waals surface area contributed by atoms with E-state index >= 15 is 0 Å². The van der Waals surface area contributed by atoms with E-state index < -0.39 is 0 Å². The molecule has 1 amide bonds. The van der Waals surface area contributed by atoms with Crippen LogP contribution in [0, 0.1) is 0 Å². The number of amides is 1. The Balaban J connectivity index is 1.91.